The number of hydrogen-bond donors (Lipinski definition) is 2. The first-order valence-corrected chi connectivity index (χ1v) is 6.86. The molecule has 0 saturated heterocycles. The average Bonchev–Trinajstić information content (AvgIpc) is 2.45. The van der Waals surface area contributed by atoms with Crippen molar-refractivity contribution in [1.82, 2.24) is 4.90 Å². The summed E-state index contributed by atoms with van der Waals surface area (Å²) in [6.45, 7) is 4.43. The van der Waals surface area contributed by atoms with Gasteiger partial charge in [0.2, 0.25) is 0 Å². The van der Waals surface area contributed by atoms with Gasteiger partial charge in [0, 0.05) is 38.8 Å². The lowest BCUT2D eigenvalue weighted by Gasteiger charge is -2.28. The Morgan fingerprint density at radius 3 is 2.57 bits per heavy atom. The first-order chi connectivity index (χ1) is 9.99. The van der Waals surface area contributed by atoms with Gasteiger partial charge in [-0.2, -0.15) is 0 Å². The molecule has 1 aromatic carbocycles. The number of benzene rings is 1. The van der Waals surface area contributed by atoms with E-state index >= 15 is 0 Å². The second kappa shape index (κ2) is 9.12. The van der Waals surface area contributed by atoms with E-state index in [1.54, 1.807) is 20.3 Å². The van der Waals surface area contributed by atoms with Crippen LogP contribution in [0.25, 0.3) is 0 Å². The zero-order valence-electron chi connectivity index (χ0n) is 12.8. The minimum atomic E-state index is -1.81. The highest BCUT2D eigenvalue weighted by molar-refractivity contribution is 6.58. The lowest BCUT2D eigenvalue weighted by molar-refractivity contribution is 0.0705. The summed E-state index contributed by atoms with van der Waals surface area (Å²) in [5.74, 6) is -0.623. The summed E-state index contributed by atoms with van der Waals surface area (Å²) < 4.78 is 23.7. The van der Waals surface area contributed by atoms with Crippen molar-refractivity contribution in [2.75, 3.05) is 34.0 Å². The first-order valence-electron chi connectivity index (χ1n) is 6.86. The SMILES string of the molecule is COCCN(Cc1ccc(F)c(B(O)O)c1)C(C)COC. The van der Waals surface area contributed by atoms with Crippen molar-refractivity contribution in [1.29, 1.82) is 0 Å². The number of rotatable bonds is 9. The van der Waals surface area contributed by atoms with E-state index in [9.17, 15) is 4.39 Å². The molecule has 1 rings (SSSR count). The van der Waals surface area contributed by atoms with Crippen LogP contribution in [0.2, 0.25) is 0 Å². The van der Waals surface area contributed by atoms with Crippen molar-refractivity contribution in [3.8, 4) is 0 Å². The molecule has 0 aliphatic heterocycles. The number of hydrogen-bond acceptors (Lipinski definition) is 5. The van der Waals surface area contributed by atoms with E-state index in [0.29, 0.717) is 26.3 Å². The third kappa shape index (κ3) is 5.72. The Kier molecular flexibility index (Phi) is 7.84. The van der Waals surface area contributed by atoms with Crippen LogP contribution in [0.1, 0.15) is 12.5 Å². The molecule has 1 atom stereocenters. The molecular weight excluding hydrogens is 276 g/mol. The van der Waals surface area contributed by atoms with Crippen molar-refractivity contribution in [2.45, 2.75) is 19.5 Å². The second-order valence-corrected chi connectivity index (χ2v) is 5.00. The Labute approximate surface area is 125 Å². The molecule has 1 unspecified atom stereocenters. The zero-order valence-corrected chi connectivity index (χ0v) is 12.8. The van der Waals surface area contributed by atoms with E-state index in [1.807, 2.05) is 6.92 Å². The van der Waals surface area contributed by atoms with Crippen molar-refractivity contribution in [3.05, 3.63) is 29.6 Å². The van der Waals surface area contributed by atoms with Crippen LogP contribution in [0.15, 0.2) is 18.2 Å². The van der Waals surface area contributed by atoms with Crippen molar-refractivity contribution in [2.24, 2.45) is 0 Å². The molecule has 118 valence electrons. The summed E-state index contributed by atoms with van der Waals surface area (Å²) in [5, 5.41) is 18.3. The van der Waals surface area contributed by atoms with Crippen LogP contribution >= 0.6 is 0 Å². The van der Waals surface area contributed by atoms with E-state index in [-0.39, 0.29) is 11.5 Å². The summed E-state index contributed by atoms with van der Waals surface area (Å²) in [5.41, 5.74) is 0.692. The first kappa shape index (κ1) is 18.1. The number of nitrogens with zero attached hydrogens (tertiary/aromatic N) is 1. The summed E-state index contributed by atoms with van der Waals surface area (Å²) in [6.07, 6.45) is 0. The fourth-order valence-electron chi connectivity index (χ4n) is 2.13. The topological polar surface area (TPSA) is 62.2 Å². The summed E-state index contributed by atoms with van der Waals surface area (Å²) in [7, 11) is 1.47. The Hall–Kier alpha value is -0.985. The van der Waals surface area contributed by atoms with Crippen LogP contribution in [0, 0.1) is 5.82 Å². The highest BCUT2D eigenvalue weighted by Gasteiger charge is 2.19. The van der Waals surface area contributed by atoms with Gasteiger partial charge in [0.1, 0.15) is 5.82 Å². The van der Waals surface area contributed by atoms with Gasteiger partial charge in [0.25, 0.3) is 0 Å². The monoisotopic (exact) mass is 299 g/mol. The molecule has 7 heteroatoms. The zero-order chi connectivity index (χ0) is 15.8. The van der Waals surface area contributed by atoms with Gasteiger partial charge >= 0.3 is 7.12 Å². The van der Waals surface area contributed by atoms with Crippen molar-refractivity contribution in [3.63, 3.8) is 0 Å². The highest BCUT2D eigenvalue weighted by Crippen LogP contribution is 2.09. The van der Waals surface area contributed by atoms with Crippen molar-refractivity contribution < 1.29 is 23.9 Å². The van der Waals surface area contributed by atoms with Crippen LogP contribution in [-0.4, -0.2) is 62.1 Å². The van der Waals surface area contributed by atoms with Crippen molar-refractivity contribution >= 4 is 12.6 Å². The fourth-order valence-corrected chi connectivity index (χ4v) is 2.13. The van der Waals surface area contributed by atoms with E-state index in [2.05, 4.69) is 4.90 Å². The smallest absolute Gasteiger partial charge is 0.423 e. The lowest BCUT2D eigenvalue weighted by atomic mass is 9.79. The molecule has 0 spiro atoms. The van der Waals surface area contributed by atoms with Gasteiger partial charge in [-0.05, 0) is 18.6 Å². The Balaban J connectivity index is 2.84. The molecule has 0 heterocycles. The minimum Gasteiger partial charge on any atom is -0.423 e. The molecule has 0 fully saturated rings. The van der Waals surface area contributed by atoms with E-state index in [4.69, 9.17) is 19.5 Å². The van der Waals surface area contributed by atoms with Gasteiger partial charge in [0.15, 0.2) is 0 Å². The highest BCUT2D eigenvalue weighted by atomic mass is 19.1. The predicted octanol–water partition coefficient (Wildman–Crippen LogP) is -0.0112. The van der Waals surface area contributed by atoms with E-state index in [0.717, 1.165) is 5.56 Å². The number of halogens is 1. The summed E-state index contributed by atoms with van der Waals surface area (Å²) >= 11 is 0. The van der Waals surface area contributed by atoms with Gasteiger partial charge < -0.3 is 19.5 Å². The quantitative estimate of drug-likeness (QED) is 0.628. The Morgan fingerprint density at radius 2 is 2.00 bits per heavy atom. The third-order valence-corrected chi connectivity index (χ3v) is 3.34. The van der Waals surface area contributed by atoms with E-state index in [1.165, 1.54) is 12.1 Å². The molecule has 0 bridgehead atoms. The largest absolute Gasteiger partial charge is 0.491 e. The van der Waals surface area contributed by atoms with Gasteiger partial charge in [0.05, 0.1) is 13.2 Å². The van der Waals surface area contributed by atoms with Gasteiger partial charge in [-0.1, -0.05) is 12.1 Å². The number of methoxy groups -OCH3 is 2. The van der Waals surface area contributed by atoms with Gasteiger partial charge in [-0.25, -0.2) is 4.39 Å². The maximum absolute atomic E-state index is 13.5. The maximum atomic E-state index is 13.5. The Morgan fingerprint density at radius 1 is 1.29 bits per heavy atom. The molecule has 0 saturated carbocycles. The standard InChI is InChI=1S/C14H23BFNO4/c1-11(10-21-3)17(6-7-20-2)9-12-4-5-14(16)13(8-12)15(18)19/h4-5,8,11,18-19H,6-7,9-10H2,1-3H3. The normalized spacial score (nSPS) is 12.7. The molecule has 0 aliphatic carbocycles. The van der Waals surface area contributed by atoms with Crippen LogP contribution < -0.4 is 5.46 Å². The van der Waals surface area contributed by atoms with Crippen LogP contribution in [0.3, 0.4) is 0 Å². The van der Waals surface area contributed by atoms with Crippen LogP contribution in [-0.2, 0) is 16.0 Å². The fraction of sp³-hybridized carbons (Fsp3) is 0.571. The van der Waals surface area contributed by atoms with Crippen LogP contribution in [0.5, 0.6) is 0 Å². The molecule has 0 amide bonds. The lowest BCUT2D eigenvalue weighted by Crippen LogP contribution is -2.39. The van der Waals surface area contributed by atoms with Gasteiger partial charge in [-0.3, -0.25) is 4.90 Å². The van der Waals surface area contributed by atoms with Gasteiger partial charge in [-0.15, -0.1) is 0 Å². The summed E-state index contributed by atoms with van der Waals surface area (Å²) in [6, 6.07) is 4.53. The molecule has 0 radical (unpaired) electrons. The predicted molar refractivity (Wildman–Crippen MR) is 79.8 cm³/mol. The molecule has 21 heavy (non-hydrogen) atoms. The molecule has 2 N–H and O–H groups in total. The minimum absolute atomic E-state index is 0.112. The average molecular weight is 299 g/mol. The molecule has 0 aromatic heterocycles. The molecule has 1 aromatic rings. The molecule has 0 aliphatic rings. The molecular formula is C14H23BFNO4. The maximum Gasteiger partial charge on any atom is 0.491 e. The molecule has 5 nitrogen and oxygen atoms in total. The third-order valence-electron chi connectivity index (χ3n) is 3.34. The number of ether oxygens (including phenoxy) is 2. The van der Waals surface area contributed by atoms with E-state index < -0.39 is 12.9 Å². The Bertz CT molecular complexity index is 433. The van der Waals surface area contributed by atoms with Crippen LogP contribution in [0.4, 0.5) is 4.39 Å². The second-order valence-electron chi connectivity index (χ2n) is 5.00. The summed E-state index contributed by atoms with van der Waals surface area (Å²) in [4.78, 5) is 2.13.